The number of aromatic nitrogens is 2. The van der Waals surface area contributed by atoms with Gasteiger partial charge in [0.05, 0.1) is 0 Å². The Balaban J connectivity index is 2.05. The van der Waals surface area contributed by atoms with Crippen LogP contribution in [0.5, 0.6) is 0 Å². The highest BCUT2D eigenvalue weighted by Crippen LogP contribution is 2.17. The van der Waals surface area contributed by atoms with Crippen molar-refractivity contribution in [2.45, 2.75) is 13.5 Å². The third-order valence-corrected chi connectivity index (χ3v) is 2.99. The molecule has 0 aliphatic carbocycles. The zero-order chi connectivity index (χ0) is 13.7. The van der Waals surface area contributed by atoms with E-state index in [1.54, 1.807) is 18.2 Å². The zero-order valence-electron chi connectivity index (χ0n) is 10.5. The molecule has 0 saturated heterocycles. The normalized spacial score (nSPS) is 10.3. The fraction of sp³-hybridized carbons (Fsp3) is 0.231. The Morgan fingerprint density at radius 1 is 1.16 bits per heavy atom. The highest BCUT2D eigenvalue weighted by Gasteiger charge is 2.04. The molecule has 0 spiro atoms. The summed E-state index contributed by atoms with van der Waals surface area (Å²) in [6.45, 7) is 3.15. The highest BCUT2D eigenvalue weighted by atomic mass is 79.9. The average Bonchev–Trinajstić information content (AvgIpc) is 2.41. The fourth-order valence-electron chi connectivity index (χ4n) is 1.60. The van der Waals surface area contributed by atoms with E-state index in [-0.39, 0.29) is 5.82 Å². The number of anilines is 2. The van der Waals surface area contributed by atoms with Crippen molar-refractivity contribution in [2.75, 3.05) is 17.2 Å². The maximum absolute atomic E-state index is 13.6. The second-order valence-corrected chi connectivity index (χ2v) is 4.82. The van der Waals surface area contributed by atoms with Crippen molar-refractivity contribution in [1.29, 1.82) is 0 Å². The lowest BCUT2D eigenvalue weighted by Crippen LogP contribution is -2.05. The van der Waals surface area contributed by atoms with Gasteiger partial charge in [0.1, 0.15) is 23.8 Å². The van der Waals surface area contributed by atoms with Crippen molar-refractivity contribution in [3.8, 4) is 0 Å². The first-order valence-corrected chi connectivity index (χ1v) is 6.72. The van der Waals surface area contributed by atoms with Crippen LogP contribution in [0.1, 0.15) is 12.5 Å². The van der Waals surface area contributed by atoms with Gasteiger partial charge in [-0.2, -0.15) is 0 Å². The summed E-state index contributed by atoms with van der Waals surface area (Å²) >= 11 is 3.32. The van der Waals surface area contributed by atoms with Crippen LogP contribution < -0.4 is 10.6 Å². The molecule has 0 fully saturated rings. The molecule has 0 amide bonds. The molecule has 0 atom stereocenters. The van der Waals surface area contributed by atoms with E-state index < -0.39 is 0 Å². The molecule has 0 radical (unpaired) electrons. The quantitative estimate of drug-likeness (QED) is 0.884. The Kier molecular flexibility index (Phi) is 4.68. The predicted molar refractivity (Wildman–Crippen MR) is 77.6 cm³/mol. The van der Waals surface area contributed by atoms with Crippen LogP contribution in [0.25, 0.3) is 0 Å². The van der Waals surface area contributed by atoms with E-state index in [1.165, 1.54) is 12.4 Å². The van der Waals surface area contributed by atoms with E-state index in [0.717, 1.165) is 16.8 Å². The van der Waals surface area contributed by atoms with Crippen molar-refractivity contribution in [3.05, 3.63) is 46.4 Å². The predicted octanol–water partition coefficient (Wildman–Crippen LogP) is 3.42. The maximum atomic E-state index is 13.6. The van der Waals surface area contributed by atoms with Gasteiger partial charge in [-0.15, -0.1) is 0 Å². The number of hydrogen-bond acceptors (Lipinski definition) is 4. The minimum absolute atomic E-state index is 0.239. The summed E-state index contributed by atoms with van der Waals surface area (Å²) in [5, 5.41) is 6.17. The molecule has 0 bridgehead atoms. The van der Waals surface area contributed by atoms with E-state index in [9.17, 15) is 4.39 Å². The van der Waals surface area contributed by atoms with Crippen molar-refractivity contribution < 1.29 is 4.39 Å². The van der Waals surface area contributed by atoms with Gasteiger partial charge in [-0.3, -0.25) is 0 Å². The molecule has 19 heavy (non-hydrogen) atoms. The van der Waals surface area contributed by atoms with E-state index in [1.807, 2.05) is 6.92 Å². The summed E-state index contributed by atoms with van der Waals surface area (Å²) in [4.78, 5) is 8.16. The van der Waals surface area contributed by atoms with Crippen molar-refractivity contribution >= 4 is 27.6 Å². The van der Waals surface area contributed by atoms with Crippen LogP contribution in [-0.2, 0) is 6.54 Å². The molecule has 2 N–H and O–H groups in total. The highest BCUT2D eigenvalue weighted by molar-refractivity contribution is 9.10. The number of hydrogen-bond donors (Lipinski definition) is 2. The molecule has 1 aromatic carbocycles. The largest absolute Gasteiger partial charge is 0.370 e. The van der Waals surface area contributed by atoms with Crippen LogP contribution in [0.3, 0.4) is 0 Å². The lowest BCUT2D eigenvalue weighted by atomic mass is 10.2. The number of rotatable bonds is 5. The van der Waals surface area contributed by atoms with Gasteiger partial charge >= 0.3 is 0 Å². The van der Waals surface area contributed by atoms with Gasteiger partial charge in [-0.25, -0.2) is 14.4 Å². The second kappa shape index (κ2) is 6.47. The SMILES string of the molecule is CCNc1cc(NCc2cc(Br)ccc2F)ncn1. The zero-order valence-corrected chi connectivity index (χ0v) is 12.0. The first kappa shape index (κ1) is 13.7. The summed E-state index contributed by atoms with van der Waals surface area (Å²) in [6.07, 6.45) is 1.47. The summed E-state index contributed by atoms with van der Waals surface area (Å²) in [5.74, 6) is 1.16. The number of nitrogens with zero attached hydrogens (tertiary/aromatic N) is 2. The Hall–Kier alpha value is -1.69. The molecular weight excluding hydrogens is 311 g/mol. The molecular formula is C13H14BrFN4. The lowest BCUT2D eigenvalue weighted by molar-refractivity contribution is 0.612. The molecule has 0 aliphatic rings. The maximum Gasteiger partial charge on any atom is 0.131 e. The fourth-order valence-corrected chi connectivity index (χ4v) is 2.00. The van der Waals surface area contributed by atoms with Crippen LogP contribution in [0.4, 0.5) is 16.0 Å². The number of nitrogens with one attached hydrogen (secondary N) is 2. The van der Waals surface area contributed by atoms with Crippen molar-refractivity contribution in [3.63, 3.8) is 0 Å². The van der Waals surface area contributed by atoms with E-state index >= 15 is 0 Å². The van der Waals surface area contributed by atoms with Crippen LogP contribution in [-0.4, -0.2) is 16.5 Å². The average molecular weight is 325 g/mol. The first-order chi connectivity index (χ1) is 9.19. The number of benzene rings is 1. The molecule has 2 rings (SSSR count). The van der Waals surface area contributed by atoms with Crippen LogP contribution in [0, 0.1) is 5.82 Å². The Morgan fingerprint density at radius 3 is 2.63 bits per heavy atom. The molecule has 100 valence electrons. The molecule has 0 aliphatic heterocycles. The molecule has 1 heterocycles. The lowest BCUT2D eigenvalue weighted by Gasteiger charge is -2.08. The molecule has 2 aromatic rings. The van der Waals surface area contributed by atoms with Crippen LogP contribution in [0.2, 0.25) is 0 Å². The summed E-state index contributed by atoms with van der Waals surface area (Å²) < 4.78 is 14.4. The Morgan fingerprint density at radius 2 is 1.89 bits per heavy atom. The summed E-state index contributed by atoms with van der Waals surface area (Å²) in [6, 6.07) is 6.64. The third-order valence-electron chi connectivity index (χ3n) is 2.49. The van der Waals surface area contributed by atoms with Crippen LogP contribution in [0.15, 0.2) is 35.1 Å². The number of halogens is 2. The standard InChI is InChI=1S/C13H14BrFN4/c1-2-16-12-6-13(19-8-18-12)17-7-9-5-10(14)3-4-11(9)15/h3-6,8H,2,7H2,1H3,(H2,16,17,18,19). The van der Waals surface area contributed by atoms with E-state index in [4.69, 9.17) is 0 Å². The minimum Gasteiger partial charge on any atom is -0.370 e. The van der Waals surface area contributed by atoms with Crippen molar-refractivity contribution in [1.82, 2.24) is 9.97 Å². The van der Waals surface area contributed by atoms with E-state index in [2.05, 4.69) is 36.5 Å². The summed E-state index contributed by atoms with van der Waals surface area (Å²) in [5.41, 5.74) is 0.581. The minimum atomic E-state index is -0.239. The molecule has 6 heteroatoms. The van der Waals surface area contributed by atoms with Gasteiger partial charge in [0.2, 0.25) is 0 Å². The monoisotopic (exact) mass is 324 g/mol. The molecule has 4 nitrogen and oxygen atoms in total. The third kappa shape index (κ3) is 3.89. The molecule has 1 aromatic heterocycles. The first-order valence-electron chi connectivity index (χ1n) is 5.92. The van der Waals surface area contributed by atoms with Gasteiger partial charge in [0, 0.05) is 29.2 Å². The van der Waals surface area contributed by atoms with Gasteiger partial charge in [0.25, 0.3) is 0 Å². The smallest absolute Gasteiger partial charge is 0.131 e. The van der Waals surface area contributed by atoms with Crippen LogP contribution >= 0.6 is 15.9 Å². The van der Waals surface area contributed by atoms with Gasteiger partial charge in [-0.05, 0) is 25.1 Å². The van der Waals surface area contributed by atoms with Gasteiger partial charge in [-0.1, -0.05) is 15.9 Å². The Bertz CT molecular complexity index is 562. The van der Waals surface area contributed by atoms with Gasteiger partial charge in [0.15, 0.2) is 0 Å². The second-order valence-electron chi connectivity index (χ2n) is 3.91. The summed E-state index contributed by atoms with van der Waals surface area (Å²) in [7, 11) is 0. The molecule has 0 unspecified atom stereocenters. The topological polar surface area (TPSA) is 49.8 Å². The molecule has 0 saturated carbocycles. The van der Waals surface area contributed by atoms with Crippen molar-refractivity contribution in [2.24, 2.45) is 0 Å². The van der Waals surface area contributed by atoms with Gasteiger partial charge < -0.3 is 10.6 Å². The Labute approximate surface area is 119 Å². The van der Waals surface area contributed by atoms with E-state index in [0.29, 0.717) is 17.9 Å².